The van der Waals surface area contributed by atoms with Gasteiger partial charge in [-0.05, 0) is 38.5 Å². The van der Waals surface area contributed by atoms with E-state index in [1.807, 2.05) is 20.8 Å². The van der Waals surface area contributed by atoms with Crippen LogP contribution in [0.2, 0.25) is 0 Å². The molecule has 1 aliphatic heterocycles. The number of halogens is 1. The maximum absolute atomic E-state index is 13.9. The molecular formula is C17H18FN3O. The highest BCUT2D eigenvalue weighted by Gasteiger charge is 2.29. The smallest absolute Gasteiger partial charge is 0.124 e. The van der Waals surface area contributed by atoms with Crippen LogP contribution in [-0.4, -0.2) is 30.3 Å². The van der Waals surface area contributed by atoms with Gasteiger partial charge in [0.25, 0.3) is 0 Å². The first-order valence-electron chi connectivity index (χ1n) is 7.29. The summed E-state index contributed by atoms with van der Waals surface area (Å²) in [5, 5.41) is 10.1. The number of aromatic nitrogens is 1. The first kappa shape index (κ1) is 14.7. The molecule has 114 valence electrons. The van der Waals surface area contributed by atoms with Crippen LogP contribution in [0.1, 0.15) is 25.0 Å². The van der Waals surface area contributed by atoms with E-state index in [0.29, 0.717) is 30.6 Å². The van der Waals surface area contributed by atoms with E-state index >= 15 is 0 Å². The SMILES string of the molecule is Cc1cc(F)cc2c(N3CCOC(C)(C)C3)c(C#N)cnc12. The molecule has 1 aliphatic rings. The molecule has 2 aromatic rings. The second kappa shape index (κ2) is 5.22. The van der Waals surface area contributed by atoms with Crippen molar-refractivity contribution in [1.82, 2.24) is 4.98 Å². The molecule has 4 nitrogen and oxygen atoms in total. The average molecular weight is 299 g/mol. The number of hydrogen-bond acceptors (Lipinski definition) is 4. The maximum Gasteiger partial charge on any atom is 0.124 e. The Hall–Kier alpha value is -2.19. The van der Waals surface area contributed by atoms with Gasteiger partial charge in [-0.1, -0.05) is 0 Å². The molecule has 5 heteroatoms. The summed E-state index contributed by atoms with van der Waals surface area (Å²) in [6.45, 7) is 7.76. The van der Waals surface area contributed by atoms with Crippen LogP contribution < -0.4 is 4.90 Å². The van der Waals surface area contributed by atoms with Crippen molar-refractivity contribution in [1.29, 1.82) is 5.26 Å². The van der Waals surface area contributed by atoms with Gasteiger partial charge in [-0.25, -0.2) is 4.39 Å². The van der Waals surface area contributed by atoms with Crippen molar-refractivity contribution in [2.45, 2.75) is 26.4 Å². The van der Waals surface area contributed by atoms with Crippen LogP contribution in [0.5, 0.6) is 0 Å². The predicted octanol–water partition coefficient (Wildman–Crippen LogP) is 3.17. The van der Waals surface area contributed by atoms with E-state index in [1.54, 1.807) is 6.20 Å². The molecule has 0 saturated carbocycles. The molecule has 0 radical (unpaired) electrons. The highest BCUT2D eigenvalue weighted by atomic mass is 19.1. The Balaban J connectivity index is 2.24. The molecule has 0 aliphatic carbocycles. The summed E-state index contributed by atoms with van der Waals surface area (Å²) in [4.78, 5) is 6.44. The van der Waals surface area contributed by atoms with Crippen LogP contribution in [0.15, 0.2) is 18.3 Å². The number of pyridine rings is 1. The van der Waals surface area contributed by atoms with Gasteiger partial charge >= 0.3 is 0 Å². The normalized spacial score (nSPS) is 17.5. The lowest BCUT2D eigenvalue weighted by atomic mass is 10.0. The van der Waals surface area contributed by atoms with Gasteiger partial charge in [0.2, 0.25) is 0 Å². The highest BCUT2D eigenvalue weighted by molar-refractivity contribution is 5.96. The number of morpholine rings is 1. The van der Waals surface area contributed by atoms with Crippen molar-refractivity contribution in [3.8, 4) is 6.07 Å². The van der Waals surface area contributed by atoms with Gasteiger partial charge in [-0.15, -0.1) is 0 Å². The standard InChI is InChI=1S/C17H18FN3O/c1-11-6-13(18)7-14-15(11)20-9-12(8-19)16(14)21-4-5-22-17(2,3)10-21/h6-7,9H,4-5,10H2,1-3H3. The Bertz CT molecular complexity index is 780. The fourth-order valence-electron chi connectivity index (χ4n) is 3.05. The summed E-state index contributed by atoms with van der Waals surface area (Å²) >= 11 is 0. The van der Waals surface area contributed by atoms with Gasteiger partial charge in [0, 0.05) is 24.7 Å². The van der Waals surface area contributed by atoms with Crippen molar-refractivity contribution in [3.63, 3.8) is 0 Å². The number of hydrogen-bond donors (Lipinski definition) is 0. The molecule has 1 fully saturated rings. The summed E-state index contributed by atoms with van der Waals surface area (Å²) in [7, 11) is 0. The second-order valence-corrected chi connectivity index (χ2v) is 6.28. The van der Waals surface area contributed by atoms with Gasteiger partial charge in [0.15, 0.2) is 0 Å². The van der Waals surface area contributed by atoms with Gasteiger partial charge in [0.05, 0.1) is 29.0 Å². The zero-order valence-corrected chi connectivity index (χ0v) is 13.0. The monoisotopic (exact) mass is 299 g/mol. The minimum atomic E-state index is -0.310. The van der Waals surface area contributed by atoms with Crippen LogP contribution in [0.4, 0.5) is 10.1 Å². The summed E-state index contributed by atoms with van der Waals surface area (Å²) < 4.78 is 19.6. The molecule has 3 rings (SSSR count). The molecule has 1 aromatic heterocycles. The lowest BCUT2D eigenvalue weighted by Crippen LogP contribution is -2.48. The van der Waals surface area contributed by atoms with E-state index in [-0.39, 0.29) is 11.4 Å². The van der Waals surface area contributed by atoms with E-state index in [2.05, 4.69) is 16.0 Å². The fraction of sp³-hybridized carbons (Fsp3) is 0.412. The summed E-state index contributed by atoms with van der Waals surface area (Å²) in [6, 6.07) is 5.12. The van der Waals surface area contributed by atoms with E-state index in [1.165, 1.54) is 12.1 Å². The van der Waals surface area contributed by atoms with Gasteiger partial charge in [-0.3, -0.25) is 4.98 Å². The third-order valence-electron chi connectivity index (χ3n) is 3.96. The Morgan fingerprint density at radius 2 is 2.18 bits per heavy atom. The molecule has 1 saturated heterocycles. The van der Waals surface area contributed by atoms with Crippen LogP contribution >= 0.6 is 0 Å². The minimum Gasteiger partial charge on any atom is -0.372 e. The predicted molar refractivity (Wildman–Crippen MR) is 83.4 cm³/mol. The number of nitrogens with zero attached hydrogens (tertiary/aromatic N) is 3. The van der Waals surface area contributed by atoms with Crippen LogP contribution in [0, 0.1) is 24.1 Å². The molecular weight excluding hydrogens is 281 g/mol. The number of rotatable bonds is 1. The number of benzene rings is 1. The molecule has 0 N–H and O–H groups in total. The number of nitriles is 1. The molecule has 0 unspecified atom stereocenters. The third kappa shape index (κ3) is 2.51. The highest BCUT2D eigenvalue weighted by Crippen LogP contribution is 2.34. The molecule has 1 aromatic carbocycles. The number of anilines is 1. The van der Waals surface area contributed by atoms with Crippen LogP contribution in [0.3, 0.4) is 0 Å². The third-order valence-corrected chi connectivity index (χ3v) is 3.96. The quantitative estimate of drug-likeness (QED) is 0.811. The Morgan fingerprint density at radius 3 is 2.86 bits per heavy atom. The Labute approximate surface area is 129 Å². The lowest BCUT2D eigenvalue weighted by Gasteiger charge is -2.40. The molecule has 0 spiro atoms. The topological polar surface area (TPSA) is 49.1 Å². The van der Waals surface area contributed by atoms with Crippen molar-refractivity contribution in [2.24, 2.45) is 0 Å². The zero-order chi connectivity index (χ0) is 15.9. The summed E-state index contributed by atoms with van der Waals surface area (Å²) in [6.07, 6.45) is 1.57. The van der Waals surface area contributed by atoms with E-state index in [4.69, 9.17) is 4.74 Å². The van der Waals surface area contributed by atoms with Crippen LogP contribution in [0.25, 0.3) is 10.9 Å². The molecule has 0 atom stereocenters. The average Bonchev–Trinajstić information content (AvgIpc) is 2.44. The van der Waals surface area contributed by atoms with Crippen molar-refractivity contribution in [2.75, 3.05) is 24.6 Å². The second-order valence-electron chi connectivity index (χ2n) is 6.28. The molecule has 22 heavy (non-hydrogen) atoms. The van der Waals surface area contributed by atoms with Gasteiger partial charge < -0.3 is 9.64 Å². The van der Waals surface area contributed by atoms with Gasteiger partial charge in [-0.2, -0.15) is 5.26 Å². The first-order chi connectivity index (χ1) is 10.4. The van der Waals surface area contributed by atoms with Gasteiger partial charge in [0.1, 0.15) is 11.9 Å². The van der Waals surface area contributed by atoms with Crippen molar-refractivity contribution < 1.29 is 9.13 Å². The first-order valence-corrected chi connectivity index (χ1v) is 7.29. The fourth-order valence-corrected chi connectivity index (χ4v) is 3.05. The lowest BCUT2D eigenvalue weighted by molar-refractivity contribution is -0.0276. The summed E-state index contributed by atoms with van der Waals surface area (Å²) in [5.74, 6) is -0.310. The van der Waals surface area contributed by atoms with E-state index in [9.17, 15) is 9.65 Å². The number of ether oxygens (including phenoxy) is 1. The van der Waals surface area contributed by atoms with E-state index < -0.39 is 0 Å². The van der Waals surface area contributed by atoms with E-state index in [0.717, 1.165) is 16.8 Å². The largest absolute Gasteiger partial charge is 0.372 e. The van der Waals surface area contributed by atoms with Crippen LogP contribution in [-0.2, 0) is 4.74 Å². The number of aryl methyl sites for hydroxylation is 1. The Morgan fingerprint density at radius 1 is 1.41 bits per heavy atom. The molecule has 0 bridgehead atoms. The summed E-state index contributed by atoms with van der Waals surface area (Å²) in [5.41, 5.74) is 2.43. The number of fused-ring (bicyclic) bond motifs is 1. The maximum atomic E-state index is 13.9. The molecule has 0 amide bonds. The zero-order valence-electron chi connectivity index (χ0n) is 13.0. The molecule has 2 heterocycles. The Kier molecular flexibility index (Phi) is 3.50. The van der Waals surface area contributed by atoms with Crippen molar-refractivity contribution in [3.05, 3.63) is 35.3 Å². The minimum absolute atomic E-state index is 0.303. The van der Waals surface area contributed by atoms with Crippen molar-refractivity contribution >= 4 is 16.6 Å².